The highest BCUT2D eigenvalue weighted by Crippen LogP contribution is 2.30. The highest BCUT2D eigenvalue weighted by Gasteiger charge is 2.14. The van der Waals surface area contributed by atoms with E-state index in [1.807, 2.05) is 43.0 Å². The van der Waals surface area contributed by atoms with E-state index in [0.29, 0.717) is 12.5 Å². The summed E-state index contributed by atoms with van der Waals surface area (Å²) < 4.78 is 7.62. The molecule has 0 aromatic carbocycles. The van der Waals surface area contributed by atoms with Crippen molar-refractivity contribution in [3.05, 3.63) is 73.6 Å². The summed E-state index contributed by atoms with van der Waals surface area (Å²) in [4.78, 5) is 15.9. The van der Waals surface area contributed by atoms with Crippen LogP contribution in [0.2, 0.25) is 0 Å². The van der Waals surface area contributed by atoms with Crippen LogP contribution in [0.1, 0.15) is 11.3 Å². The van der Waals surface area contributed by atoms with Gasteiger partial charge in [-0.05, 0) is 23.8 Å². The first-order valence-electron chi connectivity index (χ1n) is 11.4. The maximum atomic E-state index is 5.84. The molecule has 1 aliphatic heterocycles. The lowest BCUT2D eigenvalue weighted by Gasteiger charge is -2.26. The summed E-state index contributed by atoms with van der Waals surface area (Å²) in [6, 6.07) is 5.84. The van der Waals surface area contributed by atoms with Crippen molar-refractivity contribution in [3.8, 4) is 28.1 Å². The predicted molar refractivity (Wildman–Crippen MR) is 134 cm³/mol. The van der Waals surface area contributed by atoms with Gasteiger partial charge in [0.1, 0.15) is 6.61 Å². The highest BCUT2D eigenvalue weighted by atomic mass is 16.5. The third-order valence-electron chi connectivity index (χ3n) is 6.00. The van der Waals surface area contributed by atoms with E-state index < -0.39 is 0 Å². The zero-order valence-corrected chi connectivity index (χ0v) is 19.0. The Morgan fingerprint density at radius 2 is 1.79 bits per heavy atom. The molecule has 1 N–H and O–H groups in total. The fourth-order valence-electron chi connectivity index (χ4n) is 4.17. The molecule has 8 nitrogen and oxygen atoms in total. The Kier molecular flexibility index (Phi) is 6.42. The Labute approximate surface area is 198 Å². The molecule has 0 atom stereocenters. The van der Waals surface area contributed by atoms with Gasteiger partial charge in [-0.1, -0.05) is 19.2 Å². The summed E-state index contributed by atoms with van der Waals surface area (Å²) in [5, 5.41) is 7.89. The van der Waals surface area contributed by atoms with Crippen LogP contribution in [0.25, 0.3) is 40.1 Å². The fourth-order valence-corrected chi connectivity index (χ4v) is 4.17. The molecule has 1 aliphatic rings. The monoisotopic (exact) mass is 453 g/mol. The van der Waals surface area contributed by atoms with E-state index in [0.717, 1.165) is 71.9 Å². The van der Waals surface area contributed by atoms with Crippen LogP contribution in [-0.4, -0.2) is 68.8 Å². The topological polar surface area (TPSA) is 80.5 Å². The van der Waals surface area contributed by atoms with Crippen LogP contribution in [-0.2, 0) is 0 Å². The molecule has 5 rings (SSSR count). The zero-order valence-electron chi connectivity index (χ0n) is 19.0. The number of aromatic nitrogens is 5. The summed E-state index contributed by atoms with van der Waals surface area (Å²) >= 11 is 0. The standard InChI is InChI=1S/C26H27N7O/c1-3-21-22(7-8-28-24(21)4-2)23-17-31-33-18-20(16-30-26(23)33)19-5-6-25(29-15-19)34-14-13-32-11-9-27-10-12-32/h3-8,15-18,27H,1-2,9-14H2. The first-order chi connectivity index (χ1) is 16.8. The number of fused-ring (bicyclic) bond motifs is 1. The number of pyridine rings is 2. The lowest BCUT2D eigenvalue weighted by atomic mass is 10.0. The van der Waals surface area contributed by atoms with Gasteiger partial charge in [-0.25, -0.2) is 14.5 Å². The molecular formula is C26H27N7O. The zero-order chi connectivity index (χ0) is 23.3. The Morgan fingerprint density at radius 3 is 2.56 bits per heavy atom. The summed E-state index contributed by atoms with van der Waals surface area (Å²) in [5.41, 5.74) is 6.21. The third-order valence-corrected chi connectivity index (χ3v) is 6.00. The van der Waals surface area contributed by atoms with Crippen molar-refractivity contribution in [2.75, 3.05) is 39.3 Å². The maximum Gasteiger partial charge on any atom is 0.213 e. The van der Waals surface area contributed by atoms with E-state index in [1.54, 1.807) is 22.9 Å². The van der Waals surface area contributed by atoms with E-state index in [4.69, 9.17) is 9.72 Å². The van der Waals surface area contributed by atoms with Crippen molar-refractivity contribution in [3.63, 3.8) is 0 Å². The van der Waals surface area contributed by atoms with Crippen LogP contribution < -0.4 is 10.1 Å². The van der Waals surface area contributed by atoms with Crippen LogP contribution in [0.15, 0.2) is 62.3 Å². The van der Waals surface area contributed by atoms with Gasteiger partial charge in [0, 0.05) is 85.8 Å². The maximum absolute atomic E-state index is 5.84. The number of hydrogen-bond acceptors (Lipinski definition) is 7. The van der Waals surface area contributed by atoms with E-state index in [-0.39, 0.29) is 0 Å². The van der Waals surface area contributed by atoms with Gasteiger partial charge in [0.05, 0.1) is 11.9 Å². The quantitative estimate of drug-likeness (QED) is 0.438. The first-order valence-corrected chi connectivity index (χ1v) is 11.4. The summed E-state index contributed by atoms with van der Waals surface area (Å²) in [6.07, 6.45) is 12.7. The lowest BCUT2D eigenvalue weighted by molar-refractivity contribution is 0.188. The van der Waals surface area contributed by atoms with Crippen molar-refractivity contribution < 1.29 is 4.74 Å². The van der Waals surface area contributed by atoms with Crippen LogP contribution in [0.3, 0.4) is 0 Å². The minimum atomic E-state index is 0.627. The van der Waals surface area contributed by atoms with Crippen molar-refractivity contribution in [1.29, 1.82) is 0 Å². The highest BCUT2D eigenvalue weighted by molar-refractivity contribution is 5.85. The number of nitrogens with one attached hydrogen (secondary N) is 1. The molecule has 0 spiro atoms. The van der Waals surface area contributed by atoms with Crippen LogP contribution in [0, 0.1) is 0 Å². The molecule has 4 aromatic heterocycles. The summed E-state index contributed by atoms with van der Waals surface area (Å²) in [6.45, 7) is 13.5. The van der Waals surface area contributed by atoms with E-state index in [2.05, 4.69) is 38.4 Å². The van der Waals surface area contributed by atoms with Gasteiger partial charge in [0.2, 0.25) is 5.88 Å². The summed E-state index contributed by atoms with van der Waals surface area (Å²) in [7, 11) is 0. The Hall–Kier alpha value is -3.88. The molecule has 0 amide bonds. The fraction of sp³-hybridized carbons (Fsp3) is 0.231. The molecule has 8 heteroatoms. The van der Waals surface area contributed by atoms with Crippen molar-refractivity contribution >= 4 is 17.8 Å². The van der Waals surface area contributed by atoms with Crippen LogP contribution >= 0.6 is 0 Å². The van der Waals surface area contributed by atoms with E-state index >= 15 is 0 Å². The molecule has 0 bridgehead atoms. The SMILES string of the molecule is C=Cc1nccc(-c2cnn3cc(-c4ccc(OCCN5CCNCC5)nc4)cnc23)c1C=C. The Balaban J connectivity index is 1.32. The number of piperazine rings is 1. The normalized spacial score (nSPS) is 14.2. The van der Waals surface area contributed by atoms with Crippen molar-refractivity contribution in [2.24, 2.45) is 0 Å². The number of rotatable bonds is 8. The minimum Gasteiger partial charge on any atom is -0.476 e. The number of nitrogens with zero attached hydrogens (tertiary/aromatic N) is 6. The Bertz CT molecular complexity index is 1310. The molecule has 4 aromatic rings. The average molecular weight is 454 g/mol. The minimum absolute atomic E-state index is 0.627. The molecule has 0 aliphatic carbocycles. The molecule has 5 heterocycles. The molecule has 172 valence electrons. The molecule has 0 saturated carbocycles. The molecule has 0 unspecified atom stereocenters. The van der Waals surface area contributed by atoms with Gasteiger partial charge in [-0.2, -0.15) is 5.10 Å². The largest absolute Gasteiger partial charge is 0.476 e. The second kappa shape index (κ2) is 9.94. The van der Waals surface area contributed by atoms with Crippen molar-refractivity contribution in [2.45, 2.75) is 0 Å². The number of ether oxygens (including phenoxy) is 1. The Morgan fingerprint density at radius 1 is 0.941 bits per heavy atom. The van der Waals surface area contributed by atoms with Gasteiger partial charge in [0.25, 0.3) is 0 Å². The molecule has 0 radical (unpaired) electrons. The predicted octanol–water partition coefficient (Wildman–Crippen LogP) is 3.42. The average Bonchev–Trinajstić information content (AvgIpc) is 3.32. The van der Waals surface area contributed by atoms with Gasteiger partial charge < -0.3 is 10.1 Å². The lowest BCUT2D eigenvalue weighted by Crippen LogP contribution is -2.44. The number of hydrogen-bond donors (Lipinski definition) is 1. The third kappa shape index (κ3) is 4.46. The van der Waals surface area contributed by atoms with Crippen LogP contribution in [0.4, 0.5) is 0 Å². The molecule has 1 fully saturated rings. The molecule has 1 saturated heterocycles. The van der Waals surface area contributed by atoms with Gasteiger partial charge >= 0.3 is 0 Å². The van der Waals surface area contributed by atoms with E-state index in [1.165, 1.54) is 0 Å². The molecular weight excluding hydrogens is 426 g/mol. The smallest absolute Gasteiger partial charge is 0.213 e. The van der Waals surface area contributed by atoms with Gasteiger partial charge in [-0.15, -0.1) is 0 Å². The first kappa shape index (κ1) is 21.9. The second-order valence-corrected chi connectivity index (χ2v) is 8.06. The van der Waals surface area contributed by atoms with Crippen LogP contribution in [0.5, 0.6) is 5.88 Å². The van der Waals surface area contributed by atoms with Gasteiger partial charge in [0.15, 0.2) is 5.65 Å². The van der Waals surface area contributed by atoms with Gasteiger partial charge in [-0.3, -0.25) is 9.88 Å². The summed E-state index contributed by atoms with van der Waals surface area (Å²) in [5.74, 6) is 0.627. The van der Waals surface area contributed by atoms with Crippen molar-refractivity contribution in [1.82, 2.24) is 34.8 Å². The molecule has 34 heavy (non-hydrogen) atoms. The second-order valence-electron chi connectivity index (χ2n) is 8.06. The van der Waals surface area contributed by atoms with E-state index in [9.17, 15) is 0 Å².